The molecule has 0 aromatic heterocycles. The molecule has 134 valence electrons. The minimum atomic E-state index is -0.115. The first-order valence-corrected chi connectivity index (χ1v) is 9.86. The van der Waals surface area contributed by atoms with E-state index in [1.807, 2.05) is 44.2 Å². The normalized spacial score (nSPS) is 10.6. The number of hydrogen-bond acceptors (Lipinski definition) is 3. The van der Waals surface area contributed by atoms with Gasteiger partial charge in [-0.3, -0.25) is 4.79 Å². The quantitative estimate of drug-likeness (QED) is 0.634. The number of carbonyl (C=O) groups excluding carboxylic acids is 1. The molecule has 0 bridgehead atoms. The number of carbonyl (C=O) groups is 1. The number of nitrogens with one attached hydrogen (secondary N) is 1. The molecule has 1 amide bonds. The zero-order chi connectivity index (χ0) is 18.2. The summed E-state index contributed by atoms with van der Waals surface area (Å²) in [6.07, 6.45) is 0. The van der Waals surface area contributed by atoms with Crippen molar-refractivity contribution in [3.8, 4) is 5.75 Å². The van der Waals surface area contributed by atoms with E-state index in [4.69, 9.17) is 27.9 Å². The summed E-state index contributed by atoms with van der Waals surface area (Å²) in [5.74, 6) is 2.28. The Morgan fingerprint density at radius 2 is 1.96 bits per heavy atom. The van der Waals surface area contributed by atoms with E-state index in [0.29, 0.717) is 16.6 Å². The van der Waals surface area contributed by atoms with Gasteiger partial charge in [0.25, 0.3) is 5.91 Å². The van der Waals surface area contributed by atoms with E-state index in [1.54, 1.807) is 17.8 Å². The molecule has 0 saturated carbocycles. The predicted molar refractivity (Wildman–Crippen MR) is 107 cm³/mol. The van der Waals surface area contributed by atoms with Gasteiger partial charge in [-0.2, -0.15) is 11.8 Å². The number of ether oxygens (including phenoxy) is 1. The third-order valence-corrected chi connectivity index (χ3v) is 5.50. The summed E-state index contributed by atoms with van der Waals surface area (Å²) < 4.78 is 5.58. The van der Waals surface area contributed by atoms with Gasteiger partial charge in [-0.1, -0.05) is 41.4 Å². The SMILES string of the molecule is Cc1cccc(OCC(=O)NCCSCc2ccc(Cl)c(Cl)c2)c1C. The van der Waals surface area contributed by atoms with E-state index in [2.05, 4.69) is 5.32 Å². The van der Waals surface area contributed by atoms with Crippen LogP contribution < -0.4 is 10.1 Å². The Morgan fingerprint density at radius 3 is 2.72 bits per heavy atom. The van der Waals surface area contributed by atoms with Crippen molar-refractivity contribution in [3.05, 3.63) is 63.1 Å². The van der Waals surface area contributed by atoms with E-state index < -0.39 is 0 Å². The van der Waals surface area contributed by atoms with Gasteiger partial charge in [0.2, 0.25) is 0 Å². The number of amides is 1. The van der Waals surface area contributed by atoms with Crippen LogP contribution in [0.25, 0.3) is 0 Å². The third kappa shape index (κ3) is 6.46. The van der Waals surface area contributed by atoms with E-state index in [9.17, 15) is 4.79 Å². The monoisotopic (exact) mass is 397 g/mol. The van der Waals surface area contributed by atoms with E-state index in [0.717, 1.165) is 33.9 Å². The molecule has 0 fully saturated rings. The van der Waals surface area contributed by atoms with Crippen molar-refractivity contribution >= 4 is 40.9 Å². The minimum Gasteiger partial charge on any atom is -0.483 e. The standard InChI is InChI=1S/C19H21Cl2NO2S/c1-13-4-3-5-18(14(13)2)24-11-19(23)22-8-9-25-12-15-6-7-16(20)17(21)10-15/h3-7,10H,8-9,11-12H2,1-2H3,(H,22,23). The highest BCUT2D eigenvalue weighted by Crippen LogP contribution is 2.24. The Kier molecular flexibility index (Phi) is 7.94. The van der Waals surface area contributed by atoms with Crippen molar-refractivity contribution in [2.45, 2.75) is 19.6 Å². The Bertz CT molecular complexity index is 737. The molecule has 0 aliphatic rings. The first-order chi connectivity index (χ1) is 12.0. The molecular weight excluding hydrogens is 377 g/mol. The predicted octanol–water partition coefficient (Wildman–Crippen LogP) is 5.04. The van der Waals surface area contributed by atoms with Gasteiger partial charge in [0.1, 0.15) is 5.75 Å². The smallest absolute Gasteiger partial charge is 0.257 e. The lowest BCUT2D eigenvalue weighted by molar-refractivity contribution is -0.122. The van der Waals surface area contributed by atoms with Gasteiger partial charge in [-0.25, -0.2) is 0 Å². The molecule has 2 rings (SSSR count). The molecule has 0 aliphatic heterocycles. The summed E-state index contributed by atoms with van der Waals surface area (Å²) in [5, 5.41) is 3.99. The van der Waals surface area contributed by atoms with Crippen LogP contribution in [0.4, 0.5) is 0 Å². The average molecular weight is 398 g/mol. The molecular formula is C19H21Cl2NO2S. The molecule has 0 heterocycles. The van der Waals surface area contributed by atoms with Crippen molar-refractivity contribution in [2.24, 2.45) is 0 Å². The van der Waals surface area contributed by atoms with E-state index in [1.165, 1.54) is 0 Å². The van der Waals surface area contributed by atoms with E-state index in [-0.39, 0.29) is 12.5 Å². The van der Waals surface area contributed by atoms with Gasteiger partial charge in [0.05, 0.1) is 10.0 Å². The second-order valence-corrected chi connectivity index (χ2v) is 7.56. The number of aryl methyl sites for hydroxylation is 1. The molecule has 25 heavy (non-hydrogen) atoms. The van der Waals surface area contributed by atoms with Gasteiger partial charge in [-0.05, 0) is 48.7 Å². The summed E-state index contributed by atoms with van der Waals surface area (Å²) in [4.78, 5) is 11.9. The fraction of sp³-hybridized carbons (Fsp3) is 0.316. The lowest BCUT2D eigenvalue weighted by Gasteiger charge is -2.11. The first-order valence-electron chi connectivity index (χ1n) is 7.94. The Labute approximate surface area is 163 Å². The van der Waals surface area contributed by atoms with Crippen molar-refractivity contribution in [1.29, 1.82) is 0 Å². The summed E-state index contributed by atoms with van der Waals surface area (Å²) in [6, 6.07) is 11.4. The molecule has 0 aliphatic carbocycles. The van der Waals surface area contributed by atoms with Crippen LogP contribution in [0.3, 0.4) is 0 Å². The van der Waals surface area contributed by atoms with Crippen LogP contribution in [0.1, 0.15) is 16.7 Å². The number of hydrogen-bond donors (Lipinski definition) is 1. The second kappa shape index (κ2) is 9.95. The van der Waals surface area contributed by atoms with Crippen molar-refractivity contribution in [3.63, 3.8) is 0 Å². The Hall–Kier alpha value is -1.36. The fourth-order valence-electron chi connectivity index (χ4n) is 2.16. The average Bonchev–Trinajstić information content (AvgIpc) is 2.59. The molecule has 0 saturated heterocycles. The lowest BCUT2D eigenvalue weighted by atomic mass is 10.1. The number of halogens is 2. The third-order valence-electron chi connectivity index (χ3n) is 3.74. The first kappa shape index (κ1) is 20.0. The highest BCUT2D eigenvalue weighted by atomic mass is 35.5. The minimum absolute atomic E-state index is 0.0295. The fourth-order valence-corrected chi connectivity index (χ4v) is 3.28. The highest BCUT2D eigenvalue weighted by Gasteiger charge is 2.06. The van der Waals surface area contributed by atoms with Crippen LogP contribution in [0.15, 0.2) is 36.4 Å². The van der Waals surface area contributed by atoms with Crippen LogP contribution in [0.5, 0.6) is 5.75 Å². The van der Waals surface area contributed by atoms with Crippen molar-refractivity contribution in [1.82, 2.24) is 5.32 Å². The molecule has 0 unspecified atom stereocenters. The summed E-state index contributed by atoms with van der Waals surface area (Å²) in [7, 11) is 0. The van der Waals surface area contributed by atoms with Gasteiger partial charge < -0.3 is 10.1 Å². The Morgan fingerprint density at radius 1 is 1.16 bits per heavy atom. The summed E-state index contributed by atoms with van der Waals surface area (Å²) in [5.41, 5.74) is 3.33. The zero-order valence-corrected chi connectivity index (χ0v) is 16.6. The molecule has 2 aromatic carbocycles. The maximum atomic E-state index is 11.9. The maximum absolute atomic E-state index is 11.9. The molecule has 6 heteroatoms. The molecule has 1 N–H and O–H groups in total. The van der Waals surface area contributed by atoms with Crippen LogP contribution in [-0.4, -0.2) is 24.8 Å². The van der Waals surface area contributed by atoms with Gasteiger partial charge in [0.15, 0.2) is 6.61 Å². The maximum Gasteiger partial charge on any atom is 0.257 e. The molecule has 0 radical (unpaired) electrons. The number of thioether (sulfide) groups is 1. The molecule has 0 spiro atoms. The highest BCUT2D eigenvalue weighted by molar-refractivity contribution is 7.98. The van der Waals surface area contributed by atoms with Crippen LogP contribution in [0, 0.1) is 13.8 Å². The second-order valence-electron chi connectivity index (χ2n) is 5.64. The van der Waals surface area contributed by atoms with Crippen LogP contribution >= 0.6 is 35.0 Å². The number of rotatable bonds is 8. The van der Waals surface area contributed by atoms with Crippen molar-refractivity contribution < 1.29 is 9.53 Å². The summed E-state index contributed by atoms with van der Waals surface area (Å²) >= 11 is 13.6. The molecule has 2 aromatic rings. The van der Waals surface area contributed by atoms with Crippen LogP contribution in [0.2, 0.25) is 10.0 Å². The lowest BCUT2D eigenvalue weighted by Crippen LogP contribution is -2.30. The van der Waals surface area contributed by atoms with Crippen molar-refractivity contribution in [2.75, 3.05) is 18.9 Å². The Balaban J connectivity index is 1.63. The largest absolute Gasteiger partial charge is 0.483 e. The molecule has 0 atom stereocenters. The van der Waals surface area contributed by atoms with Gasteiger partial charge >= 0.3 is 0 Å². The number of benzene rings is 2. The van der Waals surface area contributed by atoms with E-state index >= 15 is 0 Å². The molecule has 3 nitrogen and oxygen atoms in total. The van der Waals surface area contributed by atoms with Gasteiger partial charge in [0, 0.05) is 18.1 Å². The van der Waals surface area contributed by atoms with Crippen LogP contribution in [-0.2, 0) is 10.5 Å². The summed E-state index contributed by atoms with van der Waals surface area (Å²) in [6.45, 7) is 4.64. The topological polar surface area (TPSA) is 38.3 Å². The van der Waals surface area contributed by atoms with Gasteiger partial charge in [-0.15, -0.1) is 0 Å². The zero-order valence-electron chi connectivity index (χ0n) is 14.3.